The highest BCUT2D eigenvalue weighted by Crippen LogP contribution is 2.23. The molecule has 0 radical (unpaired) electrons. The second kappa shape index (κ2) is 11.9. The number of likely N-dealkylation sites (tertiary alicyclic amines) is 1. The lowest BCUT2D eigenvalue weighted by Gasteiger charge is -2.32. The molecule has 1 aliphatic rings. The maximum Gasteiger partial charge on any atom is 0.401 e. The van der Waals surface area contributed by atoms with Gasteiger partial charge in [-0.05, 0) is 75.7 Å². The van der Waals surface area contributed by atoms with E-state index in [2.05, 4.69) is 15.6 Å². The number of alkyl halides is 3. The third-order valence-electron chi connectivity index (χ3n) is 5.13. The average Bonchev–Trinajstić information content (AvgIpc) is 2.67. The predicted octanol–water partition coefficient (Wildman–Crippen LogP) is 3.54. The van der Waals surface area contributed by atoms with Gasteiger partial charge in [0.15, 0.2) is 5.96 Å². The summed E-state index contributed by atoms with van der Waals surface area (Å²) in [5, 5.41) is 15.9. The van der Waals surface area contributed by atoms with Crippen molar-refractivity contribution in [1.29, 1.82) is 0 Å². The molecule has 3 N–H and O–H groups in total. The molecule has 0 bridgehead atoms. The Morgan fingerprint density at radius 1 is 1.17 bits per heavy atom. The summed E-state index contributed by atoms with van der Waals surface area (Å²) in [4.78, 5) is 6.10. The second-order valence-corrected chi connectivity index (χ2v) is 7.58. The van der Waals surface area contributed by atoms with E-state index < -0.39 is 12.7 Å². The molecule has 8 heteroatoms. The Morgan fingerprint density at radius 2 is 1.86 bits per heavy atom. The molecule has 0 amide bonds. The standard InChI is InChI=1S/C21H33F3N4O/c1-2-25-20(26-12-3-4-17-5-7-19(29)8-6-17)27-13-9-18-10-14-28(15-11-18)16-21(22,23)24/h5-8,18,29H,2-4,9-16H2,1H3,(H2,25,26,27). The van der Waals surface area contributed by atoms with Crippen LogP contribution in [0.4, 0.5) is 13.2 Å². The van der Waals surface area contributed by atoms with Crippen molar-refractivity contribution in [3.05, 3.63) is 29.8 Å². The molecule has 1 aromatic rings. The zero-order chi connectivity index (χ0) is 21.1. The summed E-state index contributed by atoms with van der Waals surface area (Å²) in [5.74, 6) is 1.52. The number of benzene rings is 1. The summed E-state index contributed by atoms with van der Waals surface area (Å²) in [7, 11) is 0. The van der Waals surface area contributed by atoms with Gasteiger partial charge in [-0.15, -0.1) is 0 Å². The number of phenols is 1. The molecule has 1 aromatic carbocycles. The average molecular weight is 415 g/mol. The van der Waals surface area contributed by atoms with Crippen molar-refractivity contribution in [2.45, 2.75) is 45.2 Å². The van der Waals surface area contributed by atoms with Crippen LogP contribution in [-0.2, 0) is 6.42 Å². The summed E-state index contributed by atoms with van der Waals surface area (Å²) in [6.45, 7) is 4.52. The first kappa shape index (κ1) is 23.3. The number of hydrogen-bond donors (Lipinski definition) is 3. The third-order valence-corrected chi connectivity index (χ3v) is 5.13. The first-order valence-electron chi connectivity index (χ1n) is 10.4. The Kier molecular flexibility index (Phi) is 9.57. The van der Waals surface area contributed by atoms with Crippen LogP contribution in [0.3, 0.4) is 0 Å². The lowest BCUT2D eigenvalue weighted by molar-refractivity contribution is -0.148. The number of nitrogens with one attached hydrogen (secondary N) is 2. The van der Waals surface area contributed by atoms with Gasteiger partial charge in [-0.1, -0.05) is 12.1 Å². The molecule has 1 saturated heterocycles. The smallest absolute Gasteiger partial charge is 0.401 e. The van der Waals surface area contributed by atoms with Crippen LogP contribution in [0.5, 0.6) is 5.75 Å². The Morgan fingerprint density at radius 3 is 2.48 bits per heavy atom. The van der Waals surface area contributed by atoms with Crippen LogP contribution in [0.1, 0.15) is 38.2 Å². The van der Waals surface area contributed by atoms with Crippen molar-refractivity contribution in [2.75, 3.05) is 39.3 Å². The number of aliphatic imine (C=N–C) groups is 1. The number of phenolic OH excluding ortho intramolecular Hbond substituents is 1. The van der Waals surface area contributed by atoms with Gasteiger partial charge in [-0.2, -0.15) is 13.2 Å². The maximum absolute atomic E-state index is 12.5. The summed E-state index contributed by atoms with van der Waals surface area (Å²) in [6.07, 6.45) is 0.292. The van der Waals surface area contributed by atoms with Gasteiger partial charge in [-0.3, -0.25) is 9.89 Å². The van der Waals surface area contributed by atoms with Gasteiger partial charge in [0.05, 0.1) is 6.54 Å². The Hall–Kier alpha value is -1.96. The summed E-state index contributed by atoms with van der Waals surface area (Å²) in [6, 6.07) is 7.22. The van der Waals surface area contributed by atoms with E-state index in [1.54, 1.807) is 12.1 Å². The fraction of sp³-hybridized carbons (Fsp3) is 0.667. The number of nitrogens with zero attached hydrogens (tertiary/aromatic N) is 2. The number of piperidine rings is 1. The molecule has 5 nitrogen and oxygen atoms in total. The Bertz CT molecular complexity index is 611. The highest BCUT2D eigenvalue weighted by molar-refractivity contribution is 5.79. The van der Waals surface area contributed by atoms with Crippen LogP contribution in [0.25, 0.3) is 0 Å². The molecular weight excluding hydrogens is 381 g/mol. The van der Waals surface area contributed by atoms with Crippen molar-refractivity contribution in [3.8, 4) is 5.75 Å². The molecule has 0 aromatic heterocycles. The number of halogens is 3. The number of aromatic hydroxyl groups is 1. The molecule has 0 saturated carbocycles. The fourth-order valence-electron chi connectivity index (χ4n) is 3.56. The Balaban J connectivity index is 1.64. The van der Waals surface area contributed by atoms with Gasteiger partial charge in [0.1, 0.15) is 5.75 Å². The van der Waals surface area contributed by atoms with Gasteiger partial charge < -0.3 is 15.7 Å². The van der Waals surface area contributed by atoms with Crippen LogP contribution in [0.2, 0.25) is 0 Å². The largest absolute Gasteiger partial charge is 0.508 e. The molecule has 0 aliphatic carbocycles. The second-order valence-electron chi connectivity index (χ2n) is 7.58. The van der Waals surface area contributed by atoms with Crippen molar-refractivity contribution in [3.63, 3.8) is 0 Å². The zero-order valence-corrected chi connectivity index (χ0v) is 17.1. The van der Waals surface area contributed by atoms with E-state index in [1.807, 2.05) is 19.1 Å². The SMILES string of the molecule is CCNC(=NCCCc1ccc(O)cc1)NCCC1CCN(CC(F)(F)F)CC1. The first-order chi connectivity index (χ1) is 13.9. The van der Waals surface area contributed by atoms with Crippen LogP contribution >= 0.6 is 0 Å². The Labute approximate surface area is 171 Å². The summed E-state index contributed by atoms with van der Waals surface area (Å²) < 4.78 is 37.4. The van der Waals surface area contributed by atoms with E-state index in [0.717, 1.165) is 51.2 Å². The highest BCUT2D eigenvalue weighted by atomic mass is 19.4. The highest BCUT2D eigenvalue weighted by Gasteiger charge is 2.32. The number of rotatable bonds is 9. The lowest BCUT2D eigenvalue weighted by Crippen LogP contribution is -2.41. The molecule has 0 atom stereocenters. The van der Waals surface area contributed by atoms with Gasteiger partial charge in [0.2, 0.25) is 0 Å². The number of hydrogen-bond acceptors (Lipinski definition) is 3. The van der Waals surface area contributed by atoms with Gasteiger partial charge in [0.25, 0.3) is 0 Å². The summed E-state index contributed by atoms with van der Waals surface area (Å²) >= 11 is 0. The van der Waals surface area contributed by atoms with Crippen LogP contribution in [0.15, 0.2) is 29.3 Å². The normalized spacial score (nSPS) is 16.8. The van der Waals surface area contributed by atoms with Crippen LogP contribution in [0, 0.1) is 5.92 Å². The molecular formula is C21H33F3N4O. The third kappa shape index (κ3) is 9.87. The molecule has 0 spiro atoms. The minimum Gasteiger partial charge on any atom is -0.508 e. The van der Waals surface area contributed by atoms with E-state index in [-0.39, 0.29) is 5.75 Å². The minimum atomic E-state index is -4.10. The number of guanidine groups is 1. The molecule has 1 fully saturated rings. The predicted molar refractivity (Wildman–Crippen MR) is 110 cm³/mol. The fourth-order valence-corrected chi connectivity index (χ4v) is 3.56. The molecule has 1 heterocycles. The van der Waals surface area contributed by atoms with Crippen molar-refractivity contribution in [1.82, 2.24) is 15.5 Å². The first-order valence-corrected chi connectivity index (χ1v) is 10.4. The molecule has 1 aliphatic heterocycles. The molecule has 164 valence electrons. The van der Waals surface area contributed by atoms with E-state index in [9.17, 15) is 18.3 Å². The van der Waals surface area contributed by atoms with E-state index in [1.165, 1.54) is 10.5 Å². The van der Waals surface area contributed by atoms with Gasteiger partial charge in [-0.25, -0.2) is 0 Å². The summed E-state index contributed by atoms with van der Waals surface area (Å²) in [5.41, 5.74) is 1.17. The zero-order valence-electron chi connectivity index (χ0n) is 17.1. The maximum atomic E-state index is 12.5. The monoisotopic (exact) mass is 414 g/mol. The van der Waals surface area contributed by atoms with E-state index in [0.29, 0.717) is 25.6 Å². The van der Waals surface area contributed by atoms with Crippen molar-refractivity contribution >= 4 is 5.96 Å². The van der Waals surface area contributed by atoms with Crippen LogP contribution < -0.4 is 10.6 Å². The van der Waals surface area contributed by atoms with Crippen LogP contribution in [-0.4, -0.2) is 61.4 Å². The van der Waals surface area contributed by atoms with Gasteiger partial charge >= 0.3 is 6.18 Å². The quantitative estimate of drug-likeness (QED) is 0.329. The van der Waals surface area contributed by atoms with E-state index >= 15 is 0 Å². The number of aryl methyl sites for hydroxylation is 1. The molecule has 29 heavy (non-hydrogen) atoms. The van der Waals surface area contributed by atoms with E-state index in [4.69, 9.17) is 0 Å². The molecule has 2 rings (SSSR count). The van der Waals surface area contributed by atoms with Crippen molar-refractivity contribution in [2.24, 2.45) is 10.9 Å². The topological polar surface area (TPSA) is 59.9 Å². The van der Waals surface area contributed by atoms with Gasteiger partial charge in [0, 0.05) is 19.6 Å². The minimum absolute atomic E-state index is 0.274. The molecule has 0 unspecified atom stereocenters. The van der Waals surface area contributed by atoms with Crippen molar-refractivity contribution < 1.29 is 18.3 Å². The lowest BCUT2D eigenvalue weighted by atomic mass is 9.93.